The number of hydrogen-bond acceptors (Lipinski definition) is 4. The third-order valence-electron chi connectivity index (χ3n) is 3.00. The number of benzene rings is 1. The molecule has 5 heteroatoms. The van der Waals surface area contributed by atoms with Crippen LogP contribution in [0.2, 0.25) is 0 Å². The minimum atomic E-state index is -0.331. The van der Waals surface area contributed by atoms with Crippen LogP contribution in [-0.4, -0.2) is 12.1 Å². The van der Waals surface area contributed by atoms with E-state index >= 15 is 0 Å². The summed E-state index contributed by atoms with van der Waals surface area (Å²) in [7, 11) is 1.53. The van der Waals surface area contributed by atoms with Crippen molar-refractivity contribution < 1.29 is 9.13 Å². The summed E-state index contributed by atoms with van der Waals surface area (Å²) in [6.45, 7) is 6.62. The fourth-order valence-corrected chi connectivity index (χ4v) is 3.27. The predicted octanol–water partition coefficient (Wildman–Crippen LogP) is 3.71. The normalized spacial score (nSPS) is 11.7. The number of rotatable bonds is 3. The topological polar surface area (TPSA) is 48.1 Å². The molecule has 2 aromatic rings. The highest BCUT2D eigenvalue weighted by molar-refractivity contribution is 7.15. The minimum absolute atomic E-state index is 0.123. The van der Waals surface area contributed by atoms with Gasteiger partial charge in [-0.3, -0.25) is 0 Å². The van der Waals surface area contributed by atoms with Crippen molar-refractivity contribution in [1.82, 2.24) is 4.98 Å². The third kappa shape index (κ3) is 2.69. The molecule has 0 saturated heterocycles. The average Bonchev–Trinajstić information content (AvgIpc) is 2.82. The van der Waals surface area contributed by atoms with Gasteiger partial charge in [-0.2, -0.15) is 0 Å². The Morgan fingerprint density at radius 1 is 1.35 bits per heavy atom. The molecule has 0 unspecified atom stereocenters. The third-order valence-corrected chi connectivity index (χ3v) is 4.10. The van der Waals surface area contributed by atoms with Gasteiger partial charge in [0.25, 0.3) is 0 Å². The van der Waals surface area contributed by atoms with Gasteiger partial charge in [-0.1, -0.05) is 26.8 Å². The van der Waals surface area contributed by atoms with Gasteiger partial charge in [0.2, 0.25) is 0 Å². The van der Waals surface area contributed by atoms with Crippen LogP contribution in [0.15, 0.2) is 18.2 Å². The Morgan fingerprint density at radius 2 is 2.05 bits per heavy atom. The lowest BCUT2D eigenvalue weighted by molar-refractivity contribution is 0.413. The maximum Gasteiger partial charge on any atom is 0.137 e. The van der Waals surface area contributed by atoms with Crippen molar-refractivity contribution in [2.75, 3.05) is 7.11 Å². The Labute approximate surface area is 122 Å². The lowest BCUT2D eigenvalue weighted by Crippen LogP contribution is -2.15. The Hall–Kier alpha value is -1.46. The van der Waals surface area contributed by atoms with Gasteiger partial charge in [-0.25, -0.2) is 9.37 Å². The van der Waals surface area contributed by atoms with Gasteiger partial charge in [0.05, 0.1) is 18.4 Å². The van der Waals surface area contributed by atoms with Crippen molar-refractivity contribution in [1.29, 1.82) is 0 Å². The summed E-state index contributed by atoms with van der Waals surface area (Å²) < 4.78 is 19.4. The number of aromatic nitrogens is 1. The molecule has 0 fully saturated rings. The maximum absolute atomic E-state index is 14.1. The van der Waals surface area contributed by atoms with Gasteiger partial charge in [0, 0.05) is 16.8 Å². The van der Waals surface area contributed by atoms with Crippen molar-refractivity contribution in [2.45, 2.75) is 32.7 Å². The summed E-state index contributed by atoms with van der Waals surface area (Å²) in [6.07, 6.45) is 0. The lowest BCUT2D eigenvalue weighted by Gasteiger charge is -2.16. The number of nitrogens with two attached hydrogens (primary N) is 1. The second kappa shape index (κ2) is 5.50. The largest absolute Gasteiger partial charge is 0.496 e. The molecule has 0 aliphatic carbocycles. The molecule has 1 aromatic heterocycles. The molecule has 0 amide bonds. The van der Waals surface area contributed by atoms with Crippen molar-refractivity contribution in [2.24, 2.45) is 5.73 Å². The Balaban J connectivity index is 2.63. The molecule has 3 nitrogen and oxygen atoms in total. The van der Waals surface area contributed by atoms with Crippen molar-refractivity contribution >= 4 is 11.3 Å². The van der Waals surface area contributed by atoms with Crippen LogP contribution in [0.5, 0.6) is 5.75 Å². The summed E-state index contributed by atoms with van der Waals surface area (Å²) in [6, 6.07) is 4.77. The number of halogens is 1. The summed E-state index contributed by atoms with van der Waals surface area (Å²) in [5.41, 5.74) is 7.00. The Morgan fingerprint density at radius 3 is 2.55 bits per heavy atom. The molecular weight excluding hydrogens is 275 g/mol. The molecule has 0 atom stereocenters. The van der Waals surface area contributed by atoms with Gasteiger partial charge < -0.3 is 10.5 Å². The molecule has 108 valence electrons. The number of hydrogen-bond donors (Lipinski definition) is 1. The fourth-order valence-electron chi connectivity index (χ4n) is 2.06. The second-order valence-corrected chi connectivity index (χ2v) is 6.65. The van der Waals surface area contributed by atoms with Crippen LogP contribution in [0.4, 0.5) is 4.39 Å². The Kier molecular flexibility index (Phi) is 4.11. The first-order valence-corrected chi connectivity index (χ1v) is 7.23. The van der Waals surface area contributed by atoms with Crippen molar-refractivity contribution in [3.05, 3.63) is 34.6 Å². The van der Waals surface area contributed by atoms with E-state index in [1.165, 1.54) is 24.5 Å². The molecule has 0 saturated carbocycles. The van der Waals surface area contributed by atoms with Crippen LogP contribution in [0.1, 0.15) is 31.3 Å². The summed E-state index contributed by atoms with van der Waals surface area (Å²) in [4.78, 5) is 5.59. The van der Waals surface area contributed by atoms with Crippen LogP contribution in [0.25, 0.3) is 10.6 Å². The van der Waals surface area contributed by atoms with Crippen LogP contribution >= 0.6 is 11.3 Å². The highest BCUT2D eigenvalue weighted by Crippen LogP contribution is 2.39. The van der Waals surface area contributed by atoms with E-state index in [1.807, 2.05) is 0 Å². The van der Waals surface area contributed by atoms with E-state index in [0.717, 1.165) is 10.6 Å². The van der Waals surface area contributed by atoms with Gasteiger partial charge in [-0.05, 0) is 12.1 Å². The van der Waals surface area contributed by atoms with Gasteiger partial charge >= 0.3 is 0 Å². The number of nitrogens with zero attached hydrogens (tertiary/aromatic N) is 1. The lowest BCUT2D eigenvalue weighted by atomic mass is 9.91. The highest BCUT2D eigenvalue weighted by atomic mass is 32.1. The summed E-state index contributed by atoms with van der Waals surface area (Å²) >= 11 is 1.43. The molecule has 0 aliphatic heterocycles. The van der Waals surface area contributed by atoms with E-state index in [2.05, 4.69) is 25.8 Å². The molecule has 0 bridgehead atoms. The molecule has 0 radical (unpaired) electrons. The molecule has 2 N–H and O–H groups in total. The maximum atomic E-state index is 14.1. The van der Waals surface area contributed by atoms with E-state index in [0.29, 0.717) is 22.9 Å². The van der Waals surface area contributed by atoms with Crippen LogP contribution in [0, 0.1) is 5.82 Å². The highest BCUT2D eigenvalue weighted by Gasteiger charge is 2.25. The van der Waals surface area contributed by atoms with Crippen LogP contribution in [0.3, 0.4) is 0 Å². The number of methoxy groups -OCH3 is 1. The molecule has 20 heavy (non-hydrogen) atoms. The molecule has 1 heterocycles. The zero-order chi connectivity index (χ0) is 14.9. The molecule has 0 aliphatic rings. The quantitative estimate of drug-likeness (QED) is 0.938. The van der Waals surface area contributed by atoms with Crippen molar-refractivity contribution in [3.8, 4) is 16.3 Å². The molecule has 2 rings (SSSR count). The minimum Gasteiger partial charge on any atom is -0.496 e. The smallest absolute Gasteiger partial charge is 0.137 e. The van der Waals surface area contributed by atoms with Gasteiger partial charge in [-0.15, -0.1) is 11.3 Å². The first-order valence-electron chi connectivity index (χ1n) is 6.41. The fraction of sp³-hybridized carbons (Fsp3) is 0.400. The SMILES string of the molecule is COc1cccc(F)c1-c1nc(C(C)(C)C)c(CN)s1. The molecule has 0 spiro atoms. The van der Waals surface area contributed by atoms with E-state index < -0.39 is 0 Å². The summed E-state index contributed by atoms with van der Waals surface area (Å²) in [5.74, 6) is 0.157. The van der Waals surface area contributed by atoms with Crippen molar-refractivity contribution in [3.63, 3.8) is 0 Å². The first-order chi connectivity index (χ1) is 9.38. The predicted molar refractivity (Wildman–Crippen MR) is 80.7 cm³/mol. The van der Waals surface area contributed by atoms with Crippen LogP contribution in [-0.2, 0) is 12.0 Å². The second-order valence-electron chi connectivity index (χ2n) is 5.56. The van der Waals surface area contributed by atoms with Gasteiger partial charge in [0.15, 0.2) is 0 Å². The number of thiazole rings is 1. The van der Waals surface area contributed by atoms with Crippen LogP contribution < -0.4 is 10.5 Å². The Bertz CT molecular complexity index is 617. The van der Waals surface area contributed by atoms with Gasteiger partial charge in [0.1, 0.15) is 16.6 Å². The van der Waals surface area contributed by atoms with E-state index in [1.54, 1.807) is 12.1 Å². The number of ether oxygens (including phenoxy) is 1. The zero-order valence-corrected chi connectivity index (χ0v) is 13.0. The molecular formula is C15H19FN2OS. The van der Waals surface area contributed by atoms with E-state index in [9.17, 15) is 4.39 Å². The zero-order valence-electron chi connectivity index (χ0n) is 12.2. The first kappa shape index (κ1) is 14.9. The standard InChI is InChI=1S/C15H19FN2OS/c1-15(2,3)13-11(8-17)20-14(18-13)12-9(16)6-5-7-10(12)19-4/h5-7H,8,17H2,1-4H3. The van der Waals surface area contributed by atoms with E-state index in [-0.39, 0.29) is 11.2 Å². The van der Waals surface area contributed by atoms with E-state index in [4.69, 9.17) is 10.5 Å². The summed E-state index contributed by atoms with van der Waals surface area (Å²) in [5, 5.41) is 0.616. The average molecular weight is 294 g/mol. The monoisotopic (exact) mass is 294 g/mol. The molecule has 1 aromatic carbocycles.